The number of benzene rings is 1. The third-order valence-corrected chi connectivity index (χ3v) is 6.21. The summed E-state index contributed by atoms with van der Waals surface area (Å²) in [6.07, 6.45) is 12.0. The first kappa shape index (κ1) is 20.8. The van der Waals surface area contributed by atoms with E-state index in [9.17, 15) is 4.79 Å². The molecule has 6 heteroatoms. The summed E-state index contributed by atoms with van der Waals surface area (Å²) in [7, 11) is 0. The van der Waals surface area contributed by atoms with Crippen molar-refractivity contribution in [1.29, 1.82) is 0 Å². The van der Waals surface area contributed by atoms with Crippen molar-refractivity contribution in [3.63, 3.8) is 0 Å². The van der Waals surface area contributed by atoms with Gasteiger partial charge in [0, 0.05) is 23.8 Å². The Hall–Kier alpha value is -2.44. The van der Waals surface area contributed by atoms with Gasteiger partial charge < -0.3 is 16.0 Å². The maximum atomic E-state index is 12.6. The fraction of sp³-hybridized carbons (Fsp3) is 0.500. The molecule has 2 aromatic heterocycles. The molecule has 6 nitrogen and oxygen atoms in total. The molecule has 0 amide bonds. The van der Waals surface area contributed by atoms with Gasteiger partial charge in [-0.25, -0.2) is 4.79 Å². The topological polar surface area (TPSA) is 88.7 Å². The number of nitrogens with two attached hydrogens (primary N) is 1. The van der Waals surface area contributed by atoms with Crippen LogP contribution < -0.4 is 16.7 Å². The first-order valence-electron chi connectivity index (χ1n) is 11.3. The summed E-state index contributed by atoms with van der Waals surface area (Å²) >= 11 is 0. The fourth-order valence-electron chi connectivity index (χ4n) is 4.44. The van der Waals surface area contributed by atoms with E-state index in [1.807, 2.05) is 30.5 Å². The number of aromatic amines is 1. The molecular weight excluding hydrogens is 374 g/mol. The molecule has 1 aromatic carbocycles. The van der Waals surface area contributed by atoms with Gasteiger partial charge in [0.1, 0.15) is 5.65 Å². The maximum Gasteiger partial charge on any atom is 0.354 e. The van der Waals surface area contributed by atoms with E-state index < -0.39 is 0 Å². The zero-order valence-electron chi connectivity index (χ0n) is 17.7. The Morgan fingerprint density at radius 1 is 1.17 bits per heavy atom. The highest BCUT2D eigenvalue weighted by Gasteiger charge is 2.14. The van der Waals surface area contributed by atoms with Gasteiger partial charge >= 0.3 is 5.69 Å². The van der Waals surface area contributed by atoms with Crippen LogP contribution in [0.5, 0.6) is 0 Å². The lowest BCUT2D eigenvalue weighted by atomic mass is 9.86. The lowest BCUT2D eigenvalue weighted by Crippen LogP contribution is -2.20. The third-order valence-electron chi connectivity index (χ3n) is 6.21. The van der Waals surface area contributed by atoms with Crippen molar-refractivity contribution in [3.8, 4) is 5.69 Å². The van der Waals surface area contributed by atoms with Gasteiger partial charge in [0.05, 0.1) is 5.69 Å². The van der Waals surface area contributed by atoms with E-state index >= 15 is 0 Å². The molecule has 0 aliphatic heterocycles. The van der Waals surface area contributed by atoms with E-state index in [0.717, 1.165) is 42.9 Å². The Labute approximate surface area is 177 Å². The zero-order valence-corrected chi connectivity index (χ0v) is 17.7. The molecule has 0 spiro atoms. The molecule has 30 heavy (non-hydrogen) atoms. The molecule has 4 rings (SSSR count). The van der Waals surface area contributed by atoms with Gasteiger partial charge in [-0.05, 0) is 62.0 Å². The zero-order chi connectivity index (χ0) is 20.8. The molecule has 0 atom stereocenters. The predicted octanol–water partition coefficient (Wildman–Crippen LogP) is 3.67. The van der Waals surface area contributed by atoms with Crippen molar-refractivity contribution in [3.05, 3.63) is 58.3 Å². The highest BCUT2D eigenvalue weighted by atomic mass is 16.1. The monoisotopic (exact) mass is 407 g/mol. The summed E-state index contributed by atoms with van der Waals surface area (Å²) in [4.78, 5) is 20.2. The summed E-state index contributed by atoms with van der Waals surface area (Å²) in [5.41, 5.74) is 9.16. The minimum Gasteiger partial charge on any atom is -0.343 e. The van der Waals surface area contributed by atoms with Crippen LogP contribution in [0.15, 0.2) is 41.3 Å². The molecule has 1 aliphatic rings. The molecule has 1 fully saturated rings. The predicted molar refractivity (Wildman–Crippen MR) is 122 cm³/mol. The SMILES string of the molecule is NCCCNCc1ccc(-n2cc3cc(CCC4CCCCC4)[nH]c3nc2=O)cc1. The second-order valence-electron chi connectivity index (χ2n) is 8.52. The van der Waals surface area contributed by atoms with Crippen LogP contribution in [-0.4, -0.2) is 27.6 Å². The van der Waals surface area contributed by atoms with Gasteiger partial charge in [-0.1, -0.05) is 44.2 Å². The molecule has 3 aromatic rings. The summed E-state index contributed by atoms with van der Waals surface area (Å²) in [5, 5.41) is 4.36. The number of hydrogen-bond acceptors (Lipinski definition) is 4. The van der Waals surface area contributed by atoms with Gasteiger partial charge in [0.15, 0.2) is 0 Å². The molecule has 2 heterocycles. The minimum atomic E-state index is -0.253. The molecule has 1 aliphatic carbocycles. The molecule has 4 N–H and O–H groups in total. The number of nitrogens with one attached hydrogen (secondary N) is 2. The Morgan fingerprint density at radius 2 is 1.97 bits per heavy atom. The summed E-state index contributed by atoms with van der Waals surface area (Å²) < 4.78 is 1.63. The third kappa shape index (κ3) is 5.18. The van der Waals surface area contributed by atoms with Gasteiger partial charge in [-0.3, -0.25) is 4.57 Å². The van der Waals surface area contributed by atoms with Crippen molar-refractivity contribution >= 4 is 11.0 Å². The van der Waals surface area contributed by atoms with Crippen molar-refractivity contribution in [2.75, 3.05) is 13.1 Å². The first-order chi connectivity index (χ1) is 14.7. The molecule has 0 bridgehead atoms. The second kappa shape index (κ2) is 10.0. The Morgan fingerprint density at radius 3 is 2.73 bits per heavy atom. The smallest absolute Gasteiger partial charge is 0.343 e. The highest BCUT2D eigenvalue weighted by Crippen LogP contribution is 2.27. The van der Waals surface area contributed by atoms with E-state index in [-0.39, 0.29) is 5.69 Å². The average molecular weight is 408 g/mol. The van der Waals surface area contributed by atoms with Crippen LogP contribution in [0.2, 0.25) is 0 Å². The second-order valence-corrected chi connectivity index (χ2v) is 8.52. The number of fused-ring (bicyclic) bond motifs is 1. The number of hydrogen-bond donors (Lipinski definition) is 3. The van der Waals surface area contributed by atoms with Gasteiger partial charge in [0.2, 0.25) is 0 Å². The van der Waals surface area contributed by atoms with E-state index in [2.05, 4.69) is 21.4 Å². The maximum absolute atomic E-state index is 12.6. The molecule has 0 radical (unpaired) electrons. The van der Waals surface area contributed by atoms with Crippen LogP contribution in [0, 0.1) is 5.92 Å². The Balaban J connectivity index is 1.45. The Kier molecular flexibility index (Phi) is 6.97. The molecule has 0 unspecified atom stereocenters. The highest BCUT2D eigenvalue weighted by molar-refractivity contribution is 5.75. The lowest BCUT2D eigenvalue weighted by molar-refractivity contribution is 0.338. The van der Waals surface area contributed by atoms with Crippen molar-refractivity contribution in [1.82, 2.24) is 19.9 Å². The summed E-state index contributed by atoms with van der Waals surface area (Å²) in [5.74, 6) is 0.849. The molecule has 160 valence electrons. The van der Waals surface area contributed by atoms with Crippen LogP contribution in [0.1, 0.15) is 56.2 Å². The van der Waals surface area contributed by atoms with E-state index in [1.54, 1.807) is 4.57 Å². The number of rotatable bonds is 9. The minimum absolute atomic E-state index is 0.253. The van der Waals surface area contributed by atoms with Crippen LogP contribution in [0.25, 0.3) is 16.7 Å². The van der Waals surface area contributed by atoms with Crippen LogP contribution in [0.4, 0.5) is 0 Å². The van der Waals surface area contributed by atoms with Crippen LogP contribution in [-0.2, 0) is 13.0 Å². The number of aromatic nitrogens is 3. The average Bonchev–Trinajstić information content (AvgIpc) is 3.17. The Bertz CT molecular complexity index is 999. The first-order valence-corrected chi connectivity index (χ1v) is 11.3. The van der Waals surface area contributed by atoms with Crippen molar-refractivity contribution in [2.45, 2.75) is 57.9 Å². The normalized spacial score (nSPS) is 15.1. The van der Waals surface area contributed by atoms with Gasteiger partial charge in [0.25, 0.3) is 0 Å². The van der Waals surface area contributed by atoms with E-state index in [0.29, 0.717) is 12.2 Å². The van der Waals surface area contributed by atoms with Crippen molar-refractivity contribution in [2.24, 2.45) is 11.7 Å². The summed E-state index contributed by atoms with van der Waals surface area (Å²) in [6, 6.07) is 10.2. The van der Waals surface area contributed by atoms with E-state index in [1.165, 1.54) is 49.8 Å². The lowest BCUT2D eigenvalue weighted by Gasteiger charge is -2.20. The summed E-state index contributed by atoms with van der Waals surface area (Å²) in [6.45, 7) is 2.41. The largest absolute Gasteiger partial charge is 0.354 e. The van der Waals surface area contributed by atoms with Crippen molar-refractivity contribution < 1.29 is 0 Å². The standard InChI is InChI=1S/C24H33N5O/c25-13-4-14-26-16-19-8-11-22(12-9-19)29-17-20-15-21(27-23(20)28-24(29)30)10-7-18-5-2-1-3-6-18/h8-9,11-12,15,17-18,26H,1-7,10,13-14,16,25H2,(H,27,28,30). The van der Waals surface area contributed by atoms with Gasteiger partial charge in [-0.2, -0.15) is 4.98 Å². The van der Waals surface area contributed by atoms with Crippen LogP contribution >= 0.6 is 0 Å². The van der Waals surface area contributed by atoms with E-state index in [4.69, 9.17) is 5.73 Å². The quantitative estimate of drug-likeness (QED) is 0.472. The molecule has 0 saturated heterocycles. The fourth-order valence-corrected chi connectivity index (χ4v) is 4.44. The van der Waals surface area contributed by atoms with Gasteiger partial charge in [-0.15, -0.1) is 0 Å². The molecular formula is C24H33N5O. The molecule has 1 saturated carbocycles. The number of nitrogens with zero attached hydrogens (tertiary/aromatic N) is 2. The number of H-pyrrole nitrogens is 1. The number of aryl methyl sites for hydroxylation is 1. The van der Waals surface area contributed by atoms with Crippen LogP contribution in [0.3, 0.4) is 0 Å².